The molecule has 5 nitrogen and oxygen atoms in total. The molecule has 76 valence electrons. The van der Waals surface area contributed by atoms with Crippen LogP contribution >= 0.6 is 0 Å². The number of ether oxygens (including phenoxy) is 1. The zero-order valence-electron chi connectivity index (χ0n) is 8.12. The van der Waals surface area contributed by atoms with Crippen molar-refractivity contribution >= 4 is 6.03 Å². The van der Waals surface area contributed by atoms with Gasteiger partial charge in [-0.25, -0.2) is 4.79 Å². The predicted molar refractivity (Wildman–Crippen MR) is 49.4 cm³/mol. The van der Waals surface area contributed by atoms with Gasteiger partial charge >= 0.3 is 6.03 Å². The molecule has 1 heterocycles. The van der Waals surface area contributed by atoms with Gasteiger partial charge in [-0.1, -0.05) is 0 Å². The lowest BCUT2D eigenvalue weighted by atomic mass is 10.2. The molecule has 0 radical (unpaired) electrons. The van der Waals surface area contributed by atoms with Crippen LogP contribution in [0.2, 0.25) is 0 Å². The van der Waals surface area contributed by atoms with Crippen LogP contribution in [0.4, 0.5) is 4.79 Å². The molecule has 0 saturated carbocycles. The number of likely N-dealkylation sites (N-methyl/N-ethyl adjacent to an activating group) is 1. The van der Waals surface area contributed by atoms with E-state index in [2.05, 4.69) is 10.2 Å². The third-order valence-electron chi connectivity index (χ3n) is 2.16. The van der Waals surface area contributed by atoms with Crippen molar-refractivity contribution in [2.45, 2.75) is 19.1 Å². The number of nitrogens with one attached hydrogen (secondary N) is 1. The fourth-order valence-electron chi connectivity index (χ4n) is 1.67. The highest BCUT2D eigenvalue weighted by atomic mass is 16.5. The molecule has 1 aliphatic heterocycles. The molecule has 0 aromatic heterocycles. The molecule has 0 aliphatic carbocycles. The highest BCUT2D eigenvalue weighted by molar-refractivity contribution is 5.72. The second kappa shape index (κ2) is 4.43. The van der Waals surface area contributed by atoms with E-state index in [1.165, 1.54) is 0 Å². The van der Waals surface area contributed by atoms with Crippen LogP contribution in [-0.4, -0.2) is 49.8 Å². The quantitative estimate of drug-likeness (QED) is 0.618. The van der Waals surface area contributed by atoms with Gasteiger partial charge in [-0.15, -0.1) is 0 Å². The fraction of sp³-hybridized carbons (Fsp3) is 0.875. The lowest BCUT2D eigenvalue weighted by Gasteiger charge is -2.18. The Balaban J connectivity index is 2.45. The van der Waals surface area contributed by atoms with Crippen molar-refractivity contribution in [1.29, 1.82) is 0 Å². The molecule has 0 bridgehead atoms. The number of amides is 2. The van der Waals surface area contributed by atoms with Gasteiger partial charge in [0.1, 0.15) is 0 Å². The van der Waals surface area contributed by atoms with Gasteiger partial charge in [0.25, 0.3) is 0 Å². The number of urea groups is 1. The Morgan fingerprint density at radius 1 is 1.69 bits per heavy atom. The van der Waals surface area contributed by atoms with Gasteiger partial charge in [0.2, 0.25) is 0 Å². The zero-order valence-corrected chi connectivity index (χ0v) is 8.12. The maximum atomic E-state index is 10.6. The maximum absolute atomic E-state index is 10.6. The largest absolute Gasteiger partial charge is 0.375 e. The Morgan fingerprint density at radius 2 is 2.38 bits per heavy atom. The number of likely N-dealkylation sites (tertiary alicyclic amines) is 1. The molecule has 0 spiro atoms. The van der Waals surface area contributed by atoms with Crippen molar-refractivity contribution in [1.82, 2.24) is 10.2 Å². The third-order valence-corrected chi connectivity index (χ3v) is 2.16. The minimum absolute atomic E-state index is 0.0300. The smallest absolute Gasteiger partial charge is 0.312 e. The molecule has 0 aromatic carbocycles. The van der Waals surface area contributed by atoms with Gasteiger partial charge in [-0.3, -0.25) is 0 Å². The second-order valence-electron chi connectivity index (χ2n) is 3.33. The van der Waals surface area contributed by atoms with E-state index in [1.54, 1.807) is 0 Å². The zero-order chi connectivity index (χ0) is 9.84. The molecule has 3 N–H and O–H groups in total. The molecular formula is C8H17N3O2. The molecular weight excluding hydrogens is 170 g/mol. The van der Waals surface area contributed by atoms with Gasteiger partial charge in [0, 0.05) is 19.7 Å². The van der Waals surface area contributed by atoms with Crippen molar-refractivity contribution in [2.75, 3.05) is 26.7 Å². The van der Waals surface area contributed by atoms with Crippen LogP contribution in [0.1, 0.15) is 6.92 Å². The summed E-state index contributed by atoms with van der Waals surface area (Å²) in [5, 5.41) is 2.68. The highest BCUT2D eigenvalue weighted by Gasteiger charge is 2.31. The van der Waals surface area contributed by atoms with E-state index in [-0.39, 0.29) is 12.1 Å². The third kappa shape index (κ3) is 2.86. The van der Waals surface area contributed by atoms with E-state index >= 15 is 0 Å². The van der Waals surface area contributed by atoms with Gasteiger partial charge in [-0.2, -0.15) is 0 Å². The average molecular weight is 187 g/mol. The summed E-state index contributed by atoms with van der Waals surface area (Å²) in [6.45, 7) is 4.25. The van der Waals surface area contributed by atoms with Crippen LogP contribution in [0.5, 0.6) is 0 Å². The molecule has 1 fully saturated rings. The van der Waals surface area contributed by atoms with Gasteiger partial charge in [-0.05, 0) is 14.0 Å². The van der Waals surface area contributed by atoms with Crippen LogP contribution in [0.15, 0.2) is 0 Å². The molecule has 1 saturated heterocycles. The van der Waals surface area contributed by atoms with E-state index < -0.39 is 6.03 Å². The Morgan fingerprint density at radius 3 is 2.92 bits per heavy atom. The summed E-state index contributed by atoms with van der Waals surface area (Å²) in [6, 6.07) is -0.451. The summed E-state index contributed by atoms with van der Waals surface area (Å²) in [5.74, 6) is 0. The molecule has 2 amide bonds. The summed E-state index contributed by atoms with van der Waals surface area (Å²) >= 11 is 0. The fourth-order valence-corrected chi connectivity index (χ4v) is 1.67. The number of nitrogens with zero attached hydrogens (tertiary/aromatic N) is 1. The van der Waals surface area contributed by atoms with Crippen molar-refractivity contribution in [2.24, 2.45) is 5.73 Å². The van der Waals surface area contributed by atoms with Crippen LogP contribution in [0, 0.1) is 0 Å². The first kappa shape index (κ1) is 10.3. The molecule has 13 heavy (non-hydrogen) atoms. The van der Waals surface area contributed by atoms with E-state index in [1.807, 2.05) is 14.0 Å². The van der Waals surface area contributed by atoms with Crippen molar-refractivity contribution < 1.29 is 9.53 Å². The van der Waals surface area contributed by atoms with E-state index in [0.717, 1.165) is 13.1 Å². The van der Waals surface area contributed by atoms with Gasteiger partial charge < -0.3 is 20.7 Å². The Bertz CT molecular complexity index is 186. The number of rotatable bonds is 3. The molecule has 1 aliphatic rings. The maximum Gasteiger partial charge on any atom is 0.312 e. The van der Waals surface area contributed by atoms with E-state index in [9.17, 15) is 4.79 Å². The molecule has 5 heteroatoms. The van der Waals surface area contributed by atoms with Crippen molar-refractivity contribution in [3.05, 3.63) is 0 Å². The second-order valence-corrected chi connectivity index (χ2v) is 3.33. The van der Waals surface area contributed by atoms with Crippen molar-refractivity contribution in [3.8, 4) is 0 Å². The number of hydrogen-bond donors (Lipinski definition) is 2. The monoisotopic (exact) mass is 187 g/mol. The lowest BCUT2D eigenvalue weighted by molar-refractivity contribution is 0.0566. The SMILES string of the molecule is CCO[C@H]1CN(C)C[C@@H]1NC(N)=O. The first-order valence-electron chi connectivity index (χ1n) is 4.49. The van der Waals surface area contributed by atoms with E-state index in [0.29, 0.717) is 6.61 Å². The Hall–Kier alpha value is -0.810. The van der Waals surface area contributed by atoms with Crippen LogP contribution < -0.4 is 11.1 Å². The number of carbonyl (C=O) groups excluding carboxylic acids is 1. The number of carbonyl (C=O) groups is 1. The molecule has 1 rings (SSSR count). The Kier molecular flexibility index (Phi) is 3.50. The van der Waals surface area contributed by atoms with Crippen LogP contribution in [-0.2, 0) is 4.74 Å². The normalized spacial score (nSPS) is 29.1. The highest BCUT2D eigenvalue weighted by Crippen LogP contribution is 2.11. The molecule has 0 unspecified atom stereocenters. The predicted octanol–water partition coefficient (Wildman–Crippen LogP) is -0.626. The Labute approximate surface area is 78.2 Å². The lowest BCUT2D eigenvalue weighted by Crippen LogP contribution is -2.46. The average Bonchev–Trinajstić information content (AvgIpc) is 2.31. The standard InChI is InChI=1S/C8H17N3O2/c1-3-13-7-5-11(2)4-6(7)10-8(9)12/h6-7H,3-5H2,1-2H3,(H3,9,10,12)/t6-,7-/m0/s1. The van der Waals surface area contributed by atoms with Gasteiger partial charge in [0.05, 0.1) is 12.1 Å². The first-order chi connectivity index (χ1) is 6.13. The number of nitrogens with two attached hydrogens (primary N) is 1. The number of hydrogen-bond acceptors (Lipinski definition) is 3. The van der Waals surface area contributed by atoms with Crippen LogP contribution in [0.25, 0.3) is 0 Å². The van der Waals surface area contributed by atoms with E-state index in [4.69, 9.17) is 10.5 Å². The van der Waals surface area contributed by atoms with Gasteiger partial charge in [0.15, 0.2) is 0 Å². The topological polar surface area (TPSA) is 67.6 Å². The molecule has 2 atom stereocenters. The minimum Gasteiger partial charge on any atom is -0.375 e. The number of primary amides is 1. The summed E-state index contributed by atoms with van der Waals surface area (Å²) in [6.07, 6.45) is 0.0718. The summed E-state index contributed by atoms with van der Waals surface area (Å²) in [4.78, 5) is 12.8. The van der Waals surface area contributed by atoms with Crippen LogP contribution in [0.3, 0.4) is 0 Å². The summed E-state index contributed by atoms with van der Waals surface area (Å²) in [5.41, 5.74) is 5.05. The minimum atomic E-state index is -0.481. The molecule has 0 aromatic rings. The summed E-state index contributed by atoms with van der Waals surface area (Å²) < 4.78 is 5.47. The first-order valence-corrected chi connectivity index (χ1v) is 4.49. The van der Waals surface area contributed by atoms with Crippen molar-refractivity contribution in [3.63, 3.8) is 0 Å². The summed E-state index contributed by atoms with van der Waals surface area (Å²) in [7, 11) is 1.99.